The van der Waals surface area contributed by atoms with Crippen molar-refractivity contribution in [1.82, 2.24) is 0 Å². The molecule has 1 N–H and O–H groups in total. The molecular formula is C14H21NO. The van der Waals surface area contributed by atoms with Gasteiger partial charge in [0.15, 0.2) is 0 Å². The average molecular weight is 219 g/mol. The Morgan fingerprint density at radius 2 is 2.12 bits per heavy atom. The third kappa shape index (κ3) is 3.11. The summed E-state index contributed by atoms with van der Waals surface area (Å²) in [6, 6.07) is 6.19. The van der Waals surface area contributed by atoms with Gasteiger partial charge < -0.3 is 10.0 Å². The Kier molecular flexibility index (Phi) is 4.56. The van der Waals surface area contributed by atoms with Crippen LogP contribution in [0.4, 0.5) is 5.69 Å². The van der Waals surface area contributed by atoms with Gasteiger partial charge in [-0.05, 0) is 26.8 Å². The van der Waals surface area contributed by atoms with E-state index < -0.39 is 0 Å². The van der Waals surface area contributed by atoms with Crippen LogP contribution in [-0.4, -0.2) is 18.2 Å². The molecule has 2 nitrogen and oxygen atoms in total. The van der Waals surface area contributed by atoms with Crippen molar-refractivity contribution in [3.63, 3.8) is 0 Å². The molecule has 1 aromatic rings. The van der Waals surface area contributed by atoms with E-state index >= 15 is 0 Å². The van der Waals surface area contributed by atoms with Crippen molar-refractivity contribution in [3.05, 3.63) is 41.5 Å². The lowest BCUT2D eigenvalue weighted by atomic mass is 10.1. The number of hydrogen-bond donors (Lipinski definition) is 1. The Morgan fingerprint density at radius 3 is 2.62 bits per heavy atom. The normalized spacial score (nSPS) is 10.2. The second kappa shape index (κ2) is 5.71. The maximum Gasteiger partial charge on any atom is 0.0702 e. The quantitative estimate of drug-likeness (QED) is 0.770. The van der Waals surface area contributed by atoms with Crippen molar-refractivity contribution < 1.29 is 5.11 Å². The Morgan fingerprint density at radius 1 is 1.44 bits per heavy atom. The number of nitrogens with zero attached hydrogens (tertiary/aromatic N) is 1. The molecule has 0 spiro atoms. The van der Waals surface area contributed by atoms with Crippen molar-refractivity contribution in [2.24, 2.45) is 0 Å². The number of hydrogen-bond acceptors (Lipinski definition) is 2. The van der Waals surface area contributed by atoms with E-state index in [1.165, 1.54) is 5.56 Å². The molecule has 1 aromatic carbocycles. The van der Waals surface area contributed by atoms with Gasteiger partial charge in [0.2, 0.25) is 0 Å². The first kappa shape index (κ1) is 12.8. The van der Waals surface area contributed by atoms with Crippen LogP contribution in [0.15, 0.2) is 30.4 Å². The van der Waals surface area contributed by atoms with Crippen LogP contribution in [0.25, 0.3) is 0 Å². The molecule has 0 atom stereocenters. The molecule has 0 aliphatic rings. The molecule has 0 saturated carbocycles. The number of aliphatic hydroxyl groups is 1. The first-order valence-corrected chi connectivity index (χ1v) is 5.68. The summed E-state index contributed by atoms with van der Waals surface area (Å²) in [6.45, 7) is 12.0. The molecule has 0 saturated heterocycles. The Hall–Kier alpha value is -1.28. The van der Waals surface area contributed by atoms with Crippen LogP contribution in [0.2, 0.25) is 0 Å². The molecule has 0 amide bonds. The fourth-order valence-corrected chi connectivity index (χ4v) is 1.84. The topological polar surface area (TPSA) is 23.5 Å². The van der Waals surface area contributed by atoms with Crippen LogP contribution in [0.3, 0.4) is 0 Å². The number of benzene rings is 1. The largest absolute Gasteiger partial charge is 0.392 e. The smallest absolute Gasteiger partial charge is 0.0702 e. The minimum Gasteiger partial charge on any atom is -0.392 e. The summed E-state index contributed by atoms with van der Waals surface area (Å²) in [4.78, 5) is 2.23. The fraction of sp³-hybridized carbons (Fsp3) is 0.429. The molecule has 0 fully saturated rings. The Labute approximate surface area is 98.2 Å². The number of rotatable bonds is 5. The summed E-state index contributed by atoms with van der Waals surface area (Å²) >= 11 is 0. The lowest BCUT2D eigenvalue weighted by molar-refractivity contribution is 0.282. The average Bonchev–Trinajstić information content (AvgIpc) is 2.25. The van der Waals surface area contributed by atoms with Gasteiger partial charge in [-0.3, -0.25) is 0 Å². The van der Waals surface area contributed by atoms with Crippen LogP contribution in [0.1, 0.15) is 25.0 Å². The van der Waals surface area contributed by atoms with Gasteiger partial charge >= 0.3 is 0 Å². The van der Waals surface area contributed by atoms with E-state index in [1.807, 2.05) is 19.9 Å². The highest BCUT2D eigenvalue weighted by molar-refractivity contribution is 5.55. The summed E-state index contributed by atoms with van der Waals surface area (Å²) in [5.41, 5.74) is 4.41. The lowest BCUT2D eigenvalue weighted by Crippen LogP contribution is -2.25. The fourth-order valence-electron chi connectivity index (χ4n) is 1.84. The van der Waals surface area contributed by atoms with Gasteiger partial charge in [0, 0.05) is 24.3 Å². The second-order valence-electron chi connectivity index (χ2n) is 4.26. The van der Waals surface area contributed by atoms with Gasteiger partial charge in [-0.1, -0.05) is 29.8 Å². The van der Waals surface area contributed by atoms with E-state index in [9.17, 15) is 5.11 Å². The predicted molar refractivity (Wildman–Crippen MR) is 69.8 cm³/mol. The summed E-state index contributed by atoms with van der Waals surface area (Å²) < 4.78 is 0. The summed E-state index contributed by atoms with van der Waals surface area (Å²) in [7, 11) is 0. The van der Waals surface area contributed by atoms with Gasteiger partial charge in [-0.2, -0.15) is 0 Å². The Balaban J connectivity index is 3.03. The minimum atomic E-state index is 0.0870. The maximum atomic E-state index is 9.37. The third-order valence-corrected chi connectivity index (χ3v) is 2.59. The third-order valence-electron chi connectivity index (χ3n) is 2.59. The van der Waals surface area contributed by atoms with E-state index in [-0.39, 0.29) is 6.61 Å². The standard InChI is InChI=1S/C14H21NO/c1-5-15(9-11(2)3)14-7-6-12(4)8-13(14)10-16/h6-8,16H,2,5,9-10H2,1,3-4H3. The molecule has 0 unspecified atom stereocenters. The molecule has 0 aliphatic heterocycles. The molecule has 2 heteroatoms. The van der Waals surface area contributed by atoms with Crippen molar-refractivity contribution in [2.75, 3.05) is 18.0 Å². The van der Waals surface area contributed by atoms with Crippen LogP contribution < -0.4 is 4.90 Å². The monoisotopic (exact) mass is 219 g/mol. The van der Waals surface area contributed by atoms with E-state index in [1.54, 1.807) is 0 Å². The van der Waals surface area contributed by atoms with Crippen molar-refractivity contribution in [2.45, 2.75) is 27.4 Å². The molecule has 0 radical (unpaired) electrons. The van der Waals surface area contributed by atoms with Crippen LogP contribution >= 0.6 is 0 Å². The van der Waals surface area contributed by atoms with Crippen LogP contribution in [0, 0.1) is 6.92 Å². The summed E-state index contributed by atoms with van der Waals surface area (Å²) in [5.74, 6) is 0. The van der Waals surface area contributed by atoms with Crippen LogP contribution in [0.5, 0.6) is 0 Å². The van der Waals surface area contributed by atoms with Gasteiger partial charge in [-0.25, -0.2) is 0 Å². The SMILES string of the molecule is C=C(C)CN(CC)c1ccc(C)cc1CO. The van der Waals surface area contributed by atoms with E-state index in [0.717, 1.165) is 29.9 Å². The molecular weight excluding hydrogens is 198 g/mol. The molecule has 0 aromatic heterocycles. The molecule has 1 rings (SSSR count). The van der Waals surface area contributed by atoms with Crippen LogP contribution in [-0.2, 0) is 6.61 Å². The van der Waals surface area contributed by atoms with E-state index in [4.69, 9.17) is 0 Å². The number of aryl methyl sites for hydroxylation is 1. The first-order valence-electron chi connectivity index (χ1n) is 5.68. The first-order chi connectivity index (χ1) is 7.58. The molecule has 16 heavy (non-hydrogen) atoms. The number of likely N-dealkylation sites (N-methyl/N-ethyl adjacent to an activating group) is 1. The maximum absolute atomic E-state index is 9.37. The highest BCUT2D eigenvalue weighted by Gasteiger charge is 2.09. The van der Waals surface area contributed by atoms with E-state index in [2.05, 4.69) is 30.5 Å². The van der Waals surface area contributed by atoms with Gasteiger partial charge in [-0.15, -0.1) is 0 Å². The Bertz CT molecular complexity index is 371. The van der Waals surface area contributed by atoms with E-state index in [0.29, 0.717) is 0 Å². The van der Waals surface area contributed by atoms with Crippen molar-refractivity contribution >= 4 is 5.69 Å². The summed E-state index contributed by atoms with van der Waals surface area (Å²) in [6.07, 6.45) is 0. The predicted octanol–water partition coefficient (Wildman–Crippen LogP) is 2.89. The van der Waals surface area contributed by atoms with Gasteiger partial charge in [0.05, 0.1) is 6.61 Å². The zero-order valence-electron chi connectivity index (χ0n) is 10.5. The molecule has 0 heterocycles. The number of anilines is 1. The zero-order chi connectivity index (χ0) is 12.1. The molecule has 0 aliphatic carbocycles. The van der Waals surface area contributed by atoms with Crippen molar-refractivity contribution in [1.29, 1.82) is 0 Å². The molecule has 0 bridgehead atoms. The van der Waals surface area contributed by atoms with Gasteiger partial charge in [0.25, 0.3) is 0 Å². The lowest BCUT2D eigenvalue weighted by Gasteiger charge is -2.25. The second-order valence-corrected chi connectivity index (χ2v) is 4.26. The zero-order valence-corrected chi connectivity index (χ0v) is 10.5. The highest BCUT2D eigenvalue weighted by Crippen LogP contribution is 2.22. The number of aliphatic hydroxyl groups excluding tert-OH is 1. The van der Waals surface area contributed by atoms with Crippen molar-refractivity contribution in [3.8, 4) is 0 Å². The summed E-state index contributed by atoms with van der Waals surface area (Å²) in [5, 5.41) is 9.37. The van der Waals surface area contributed by atoms with Gasteiger partial charge in [0.1, 0.15) is 0 Å². The minimum absolute atomic E-state index is 0.0870. The highest BCUT2D eigenvalue weighted by atomic mass is 16.3. The molecule has 88 valence electrons.